The van der Waals surface area contributed by atoms with Crippen LogP contribution in [0.5, 0.6) is 0 Å². The molecule has 7 nitrogen and oxygen atoms in total. The summed E-state index contributed by atoms with van der Waals surface area (Å²) >= 11 is 3.91. The number of methoxy groups -OCH3 is 1. The zero-order valence-corrected chi connectivity index (χ0v) is 18.9. The van der Waals surface area contributed by atoms with E-state index >= 15 is 0 Å². The minimum Gasteiger partial charge on any atom is -0.382 e. The molecule has 1 rings (SSSR count). The van der Waals surface area contributed by atoms with E-state index in [4.69, 9.17) is 33.2 Å². The number of hydrogen-bond acceptors (Lipinski definition) is 9. The second-order valence-corrected chi connectivity index (χ2v) is 8.59. The Morgan fingerprint density at radius 1 is 0.643 bits per heavy atom. The standard InChI is InChI=1S/C19H38O7S2/c1-20-2-3-21-4-5-22-6-7-23-8-9-24-16-19-17-25-10-12-27-14-15-28-13-11-26-18-19/h19H,2-18H2,1H3. The van der Waals surface area contributed by atoms with E-state index in [2.05, 4.69) is 0 Å². The molecule has 0 unspecified atom stereocenters. The Balaban J connectivity index is 1.92. The molecule has 0 N–H and O–H groups in total. The summed E-state index contributed by atoms with van der Waals surface area (Å²) in [5, 5.41) is 0. The smallest absolute Gasteiger partial charge is 0.0701 e. The molecule has 0 atom stereocenters. The maximum atomic E-state index is 5.77. The van der Waals surface area contributed by atoms with Crippen LogP contribution in [0.15, 0.2) is 0 Å². The molecular formula is C19H38O7S2. The zero-order chi connectivity index (χ0) is 20.0. The summed E-state index contributed by atoms with van der Waals surface area (Å²) in [7, 11) is 1.66. The van der Waals surface area contributed by atoms with Crippen LogP contribution in [-0.2, 0) is 33.2 Å². The molecule has 1 heterocycles. The van der Waals surface area contributed by atoms with E-state index < -0.39 is 0 Å². The first-order chi connectivity index (χ1) is 13.9. The van der Waals surface area contributed by atoms with E-state index in [1.54, 1.807) is 7.11 Å². The first-order valence-corrected chi connectivity index (χ1v) is 12.3. The molecular weight excluding hydrogens is 404 g/mol. The van der Waals surface area contributed by atoms with Crippen LogP contribution in [0.3, 0.4) is 0 Å². The molecule has 0 amide bonds. The lowest BCUT2D eigenvalue weighted by Crippen LogP contribution is -2.24. The lowest BCUT2D eigenvalue weighted by molar-refractivity contribution is -0.0271. The Morgan fingerprint density at radius 2 is 1.11 bits per heavy atom. The normalized spacial score (nSPS) is 18.3. The van der Waals surface area contributed by atoms with E-state index in [-0.39, 0.29) is 5.92 Å². The van der Waals surface area contributed by atoms with E-state index in [0.29, 0.717) is 72.7 Å². The van der Waals surface area contributed by atoms with Gasteiger partial charge in [0, 0.05) is 36.0 Å². The lowest BCUT2D eigenvalue weighted by Gasteiger charge is -2.17. The van der Waals surface area contributed by atoms with Crippen molar-refractivity contribution < 1.29 is 33.2 Å². The molecule has 1 aliphatic rings. The Bertz CT molecular complexity index is 300. The Kier molecular flexibility index (Phi) is 20.9. The molecule has 168 valence electrons. The Morgan fingerprint density at radius 3 is 1.61 bits per heavy atom. The van der Waals surface area contributed by atoms with Gasteiger partial charge in [0.25, 0.3) is 0 Å². The number of ether oxygens (including phenoxy) is 7. The molecule has 0 aromatic heterocycles. The summed E-state index contributed by atoms with van der Waals surface area (Å²) in [6.45, 7) is 8.24. The fourth-order valence-electron chi connectivity index (χ4n) is 2.25. The molecule has 1 saturated heterocycles. The summed E-state index contributed by atoms with van der Waals surface area (Å²) in [6.07, 6.45) is 0. The molecule has 0 aromatic carbocycles. The highest BCUT2D eigenvalue weighted by atomic mass is 32.2. The van der Waals surface area contributed by atoms with E-state index in [9.17, 15) is 0 Å². The summed E-state index contributed by atoms with van der Waals surface area (Å²) < 4.78 is 38.4. The second-order valence-electron chi connectivity index (χ2n) is 6.15. The van der Waals surface area contributed by atoms with Crippen LogP contribution < -0.4 is 0 Å². The molecule has 9 heteroatoms. The van der Waals surface area contributed by atoms with Gasteiger partial charge < -0.3 is 33.2 Å². The van der Waals surface area contributed by atoms with E-state index in [0.717, 1.165) is 24.7 Å². The predicted octanol–water partition coefficient (Wildman–Crippen LogP) is 1.83. The Hall–Kier alpha value is 0.420. The van der Waals surface area contributed by atoms with E-state index in [1.807, 2.05) is 23.5 Å². The minimum absolute atomic E-state index is 0.275. The molecule has 0 saturated carbocycles. The van der Waals surface area contributed by atoms with Crippen molar-refractivity contribution in [3.8, 4) is 0 Å². The van der Waals surface area contributed by atoms with Crippen LogP contribution in [0.2, 0.25) is 0 Å². The molecule has 0 aliphatic carbocycles. The topological polar surface area (TPSA) is 64.6 Å². The zero-order valence-electron chi connectivity index (χ0n) is 17.3. The summed E-state index contributed by atoms with van der Waals surface area (Å²) in [5.74, 6) is 4.77. The molecule has 0 radical (unpaired) electrons. The minimum atomic E-state index is 0.275. The van der Waals surface area contributed by atoms with Crippen LogP contribution in [0, 0.1) is 5.92 Å². The van der Waals surface area contributed by atoms with Gasteiger partial charge in [0.1, 0.15) is 0 Å². The number of thioether (sulfide) groups is 2. The van der Waals surface area contributed by atoms with Crippen molar-refractivity contribution in [2.45, 2.75) is 0 Å². The van der Waals surface area contributed by atoms with Crippen molar-refractivity contribution in [3.05, 3.63) is 0 Å². The van der Waals surface area contributed by atoms with E-state index in [1.165, 1.54) is 11.5 Å². The van der Waals surface area contributed by atoms with Gasteiger partial charge in [-0.3, -0.25) is 0 Å². The van der Waals surface area contributed by atoms with Crippen LogP contribution in [0.4, 0.5) is 0 Å². The average molecular weight is 443 g/mol. The van der Waals surface area contributed by atoms with Gasteiger partial charge in [0.2, 0.25) is 0 Å². The van der Waals surface area contributed by atoms with Crippen LogP contribution in [0.25, 0.3) is 0 Å². The largest absolute Gasteiger partial charge is 0.382 e. The summed E-state index contributed by atoms with van der Waals surface area (Å²) in [5.41, 5.74) is 0. The molecule has 0 bridgehead atoms. The number of hydrogen-bond donors (Lipinski definition) is 0. The maximum absolute atomic E-state index is 5.77. The highest BCUT2D eigenvalue weighted by Gasteiger charge is 2.11. The molecule has 1 fully saturated rings. The Labute approximate surface area is 178 Å². The first kappa shape index (κ1) is 26.5. The quantitative estimate of drug-likeness (QED) is 0.375. The third-order valence-electron chi connectivity index (χ3n) is 3.72. The van der Waals surface area contributed by atoms with Crippen molar-refractivity contribution in [1.29, 1.82) is 0 Å². The van der Waals surface area contributed by atoms with Crippen molar-refractivity contribution >= 4 is 23.5 Å². The van der Waals surface area contributed by atoms with Gasteiger partial charge >= 0.3 is 0 Å². The molecule has 0 spiro atoms. The SMILES string of the molecule is COCCOCCOCCOCCOCC1COCCSCCSCCOC1. The van der Waals surface area contributed by atoms with Crippen LogP contribution >= 0.6 is 23.5 Å². The molecule has 1 aliphatic heterocycles. The van der Waals surface area contributed by atoms with Gasteiger partial charge in [-0.25, -0.2) is 0 Å². The van der Waals surface area contributed by atoms with Crippen molar-refractivity contribution in [2.24, 2.45) is 5.92 Å². The van der Waals surface area contributed by atoms with Gasteiger partial charge in [-0.15, -0.1) is 0 Å². The number of rotatable bonds is 14. The van der Waals surface area contributed by atoms with Crippen molar-refractivity contribution in [2.75, 3.05) is 116 Å². The average Bonchev–Trinajstić information content (AvgIpc) is 2.73. The van der Waals surface area contributed by atoms with Gasteiger partial charge in [0.15, 0.2) is 0 Å². The molecule has 28 heavy (non-hydrogen) atoms. The molecule has 0 aromatic rings. The summed E-state index contributed by atoms with van der Waals surface area (Å²) in [4.78, 5) is 0. The van der Waals surface area contributed by atoms with Gasteiger partial charge in [0.05, 0.1) is 85.9 Å². The van der Waals surface area contributed by atoms with Crippen molar-refractivity contribution in [1.82, 2.24) is 0 Å². The van der Waals surface area contributed by atoms with Crippen molar-refractivity contribution in [3.63, 3.8) is 0 Å². The van der Waals surface area contributed by atoms with Gasteiger partial charge in [-0.2, -0.15) is 23.5 Å². The van der Waals surface area contributed by atoms with Crippen LogP contribution in [0.1, 0.15) is 0 Å². The third kappa shape index (κ3) is 18.4. The third-order valence-corrected chi connectivity index (χ3v) is 5.88. The predicted molar refractivity (Wildman–Crippen MR) is 115 cm³/mol. The van der Waals surface area contributed by atoms with Gasteiger partial charge in [-0.1, -0.05) is 0 Å². The lowest BCUT2D eigenvalue weighted by atomic mass is 10.2. The highest BCUT2D eigenvalue weighted by molar-refractivity contribution is 8.02. The second kappa shape index (κ2) is 22.1. The maximum Gasteiger partial charge on any atom is 0.0701 e. The monoisotopic (exact) mass is 442 g/mol. The summed E-state index contributed by atoms with van der Waals surface area (Å²) in [6, 6.07) is 0. The van der Waals surface area contributed by atoms with Crippen LogP contribution in [-0.4, -0.2) is 116 Å². The fraction of sp³-hybridized carbons (Fsp3) is 1.00. The van der Waals surface area contributed by atoms with Gasteiger partial charge in [-0.05, 0) is 0 Å². The highest BCUT2D eigenvalue weighted by Crippen LogP contribution is 2.09. The fourth-order valence-corrected chi connectivity index (χ4v) is 4.08. The first-order valence-electron chi connectivity index (χ1n) is 10.0.